The standard InChI is InChI=1S/C22H22N2O4S/c1-28-20-9-4-3-8-19(20)24(29(2,26)27)14-21(25)23-18-13-12-16-11-10-15-6-5-7-17(18)22(15)16/h3-9,12-13H,10-11,14H2,1-2H3,(H,23,25). The van der Waals surface area contributed by atoms with Crippen LogP contribution in [0.1, 0.15) is 11.1 Å². The highest BCUT2D eigenvalue weighted by Crippen LogP contribution is 2.35. The van der Waals surface area contributed by atoms with E-state index < -0.39 is 15.9 Å². The average molecular weight is 410 g/mol. The Labute approximate surface area is 170 Å². The minimum absolute atomic E-state index is 0.327. The van der Waals surface area contributed by atoms with Crippen molar-refractivity contribution in [3.8, 4) is 5.75 Å². The van der Waals surface area contributed by atoms with E-state index in [2.05, 4.69) is 11.4 Å². The summed E-state index contributed by atoms with van der Waals surface area (Å²) in [6.07, 6.45) is 3.07. The molecule has 1 amide bonds. The number of nitrogens with zero attached hydrogens (tertiary/aromatic N) is 1. The van der Waals surface area contributed by atoms with Crippen molar-refractivity contribution in [1.29, 1.82) is 0 Å². The second-order valence-corrected chi connectivity index (χ2v) is 9.01. The molecule has 1 aliphatic carbocycles. The number of rotatable bonds is 6. The lowest BCUT2D eigenvalue weighted by Crippen LogP contribution is -2.37. The summed E-state index contributed by atoms with van der Waals surface area (Å²) in [5, 5.41) is 5.06. The Kier molecular flexibility index (Phi) is 4.92. The number of para-hydroxylation sites is 2. The van der Waals surface area contributed by atoms with Gasteiger partial charge >= 0.3 is 0 Å². The smallest absolute Gasteiger partial charge is 0.245 e. The molecule has 0 heterocycles. The first-order valence-corrected chi connectivity index (χ1v) is 11.2. The lowest BCUT2D eigenvalue weighted by atomic mass is 10.0. The SMILES string of the molecule is COc1ccccc1N(CC(=O)Nc1ccc2c3c(cccc13)CC2)S(C)(=O)=O. The van der Waals surface area contributed by atoms with E-state index >= 15 is 0 Å². The maximum absolute atomic E-state index is 12.8. The second kappa shape index (κ2) is 7.40. The van der Waals surface area contributed by atoms with Gasteiger partial charge in [-0.1, -0.05) is 36.4 Å². The maximum Gasteiger partial charge on any atom is 0.245 e. The number of sulfonamides is 1. The van der Waals surface area contributed by atoms with Crippen LogP contribution in [-0.2, 0) is 27.7 Å². The molecule has 3 aromatic rings. The van der Waals surface area contributed by atoms with Crippen molar-refractivity contribution in [3.63, 3.8) is 0 Å². The Balaban J connectivity index is 1.64. The summed E-state index contributed by atoms with van der Waals surface area (Å²) in [6.45, 7) is -0.345. The Morgan fingerprint density at radius 2 is 1.76 bits per heavy atom. The number of methoxy groups -OCH3 is 1. The summed E-state index contributed by atoms with van der Waals surface area (Å²) < 4.78 is 31.1. The van der Waals surface area contributed by atoms with Crippen LogP contribution in [-0.4, -0.2) is 34.2 Å². The van der Waals surface area contributed by atoms with Gasteiger partial charge in [0.05, 0.1) is 19.1 Å². The highest BCUT2D eigenvalue weighted by Gasteiger charge is 2.24. The molecule has 6 nitrogen and oxygen atoms in total. The Morgan fingerprint density at radius 1 is 1.03 bits per heavy atom. The molecule has 0 radical (unpaired) electrons. The molecule has 1 aliphatic rings. The fraction of sp³-hybridized carbons (Fsp3) is 0.227. The van der Waals surface area contributed by atoms with Crippen LogP contribution in [0.25, 0.3) is 10.8 Å². The third kappa shape index (κ3) is 3.65. The van der Waals surface area contributed by atoms with Gasteiger partial charge in [0.1, 0.15) is 12.3 Å². The normalized spacial score (nSPS) is 12.8. The van der Waals surface area contributed by atoms with Crippen LogP contribution in [0.4, 0.5) is 11.4 Å². The highest BCUT2D eigenvalue weighted by molar-refractivity contribution is 7.92. The van der Waals surface area contributed by atoms with E-state index in [1.165, 1.54) is 23.6 Å². The van der Waals surface area contributed by atoms with Gasteiger partial charge in [0.15, 0.2) is 0 Å². The monoisotopic (exact) mass is 410 g/mol. The molecule has 1 N–H and O–H groups in total. The van der Waals surface area contributed by atoms with Crippen LogP contribution in [0.15, 0.2) is 54.6 Å². The fourth-order valence-corrected chi connectivity index (χ4v) is 4.75. The predicted molar refractivity (Wildman–Crippen MR) is 115 cm³/mol. The zero-order chi connectivity index (χ0) is 20.6. The van der Waals surface area contributed by atoms with Crippen molar-refractivity contribution in [1.82, 2.24) is 0 Å². The number of hydrogen-bond donors (Lipinski definition) is 1. The molecule has 3 aromatic carbocycles. The summed E-state index contributed by atoms with van der Waals surface area (Å²) in [6, 6.07) is 16.7. The van der Waals surface area contributed by atoms with Crippen LogP contribution >= 0.6 is 0 Å². The van der Waals surface area contributed by atoms with Gasteiger partial charge < -0.3 is 10.1 Å². The molecule has 0 spiro atoms. The quantitative estimate of drug-likeness (QED) is 0.676. The summed E-state index contributed by atoms with van der Waals surface area (Å²) in [5.41, 5.74) is 3.57. The van der Waals surface area contributed by atoms with E-state index in [0.29, 0.717) is 17.1 Å². The first kappa shape index (κ1) is 19.3. The second-order valence-electron chi connectivity index (χ2n) is 7.10. The number of benzene rings is 3. The molecule has 0 saturated carbocycles. The van der Waals surface area contributed by atoms with Gasteiger partial charge in [-0.2, -0.15) is 0 Å². The largest absolute Gasteiger partial charge is 0.495 e. The number of amides is 1. The molecule has 29 heavy (non-hydrogen) atoms. The number of hydrogen-bond acceptors (Lipinski definition) is 4. The van der Waals surface area contributed by atoms with Gasteiger partial charge in [0.25, 0.3) is 0 Å². The molecular weight excluding hydrogens is 388 g/mol. The molecular formula is C22H22N2O4S. The predicted octanol–water partition coefficient (Wildman–Crippen LogP) is 3.35. The minimum atomic E-state index is -3.69. The average Bonchev–Trinajstić information content (AvgIpc) is 3.12. The van der Waals surface area contributed by atoms with Gasteiger partial charge in [0.2, 0.25) is 15.9 Å². The molecule has 0 aliphatic heterocycles. The fourth-order valence-electron chi connectivity index (χ4n) is 3.89. The Bertz CT molecular complexity index is 1190. The van der Waals surface area contributed by atoms with Crippen LogP contribution in [0.2, 0.25) is 0 Å². The van der Waals surface area contributed by atoms with E-state index in [0.717, 1.165) is 28.8 Å². The summed E-state index contributed by atoms with van der Waals surface area (Å²) in [5.74, 6) is -0.0314. The molecule has 0 bridgehead atoms. The number of carbonyl (C=O) groups excluding carboxylic acids is 1. The summed E-state index contributed by atoms with van der Waals surface area (Å²) in [7, 11) is -2.23. The minimum Gasteiger partial charge on any atom is -0.495 e. The Hall–Kier alpha value is -3.06. The van der Waals surface area contributed by atoms with Gasteiger partial charge in [-0.3, -0.25) is 9.10 Å². The first-order chi connectivity index (χ1) is 13.9. The van der Waals surface area contributed by atoms with Crippen LogP contribution in [0, 0.1) is 0 Å². The number of anilines is 2. The van der Waals surface area contributed by atoms with Crippen molar-refractivity contribution < 1.29 is 17.9 Å². The third-order valence-electron chi connectivity index (χ3n) is 5.19. The molecule has 150 valence electrons. The highest BCUT2D eigenvalue weighted by atomic mass is 32.2. The number of carbonyl (C=O) groups is 1. The first-order valence-electron chi connectivity index (χ1n) is 9.32. The molecule has 4 rings (SSSR count). The summed E-state index contributed by atoms with van der Waals surface area (Å²) >= 11 is 0. The Morgan fingerprint density at radius 3 is 2.48 bits per heavy atom. The van der Waals surface area contributed by atoms with Crippen molar-refractivity contribution in [2.75, 3.05) is 29.5 Å². The molecule has 0 atom stereocenters. The topological polar surface area (TPSA) is 75.7 Å². The van der Waals surface area contributed by atoms with Crippen molar-refractivity contribution >= 4 is 38.1 Å². The van der Waals surface area contributed by atoms with Crippen LogP contribution < -0.4 is 14.4 Å². The lowest BCUT2D eigenvalue weighted by Gasteiger charge is -2.23. The zero-order valence-electron chi connectivity index (χ0n) is 16.3. The van der Waals surface area contributed by atoms with Crippen LogP contribution in [0.3, 0.4) is 0 Å². The van der Waals surface area contributed by atoms with Crippen LogP contribution in [0.5, 0.6) is 5.75 Å². The molecule has 0 fully saturated rings. The van der Waals surface area contributed by atoms with Gasteiger partial charge in [-0.25, -0.2) is 8.42 Å². The lowest BCUT2D eigenvalue weighted by molar-refractivity contribution is -0.114. The van der Waals surface area contributed by atoms with E-state index in [-0.39, 0.29) is 6.54 Å². The number of aryl methyl sites for hydroxylation is 2. The van der Waals surface area contributed by atoms with E-state index in [1.807, 2.05) is 24.3 Å². The third-order valence-corrected chi connectivity index (χ3v) is 6.32. The zero-order valence-corrected chi connectivity index (χ0v) is 17.1. The molecule has 0 unspecified atom stereocenters. The van der Waals surface area contributed by atoms with Crippen molar-refractivity contribution in [3.05, 3.63) is 65.7 Å². The van der Waals surface area contributed by atoms with Crippen molar-refractivity contribution in [2.24, 2.45) is 0 Å². The van der Waals surface area contributed by atoms with E-state index in [1.54, 1.807) is 24.3 Å². The van der Waals surface area contributed by atoms with Crippen molar-refractivity contribution in [2.45, 2.75) is 12.8 Å². The summed E-state index contributed by atoms with van der Waals surface area (Å²) in [4.78, 5) is 12.8. The molecule has 0 aromatic heterocycles. The molecule has 0 saturated heterocycles. The van der Waals surface area contributed by atoms with Gasteiger partial charge in [0, 0.05) is 11.1 Å². The van der Waals surface area contributed by atoms with E-state index in [9.17, 15) is 13.2 Å². The number of nitrogens with one attached hydrogen (secondary N) is 1. The maximum atomic E-state index is 12.8. The number of ether oxygens (including phenoxy) is 1. The van der Waals surface area contributed by atoms with E-state index in [4.69, 9.17) is 4.74 Å². The molecule has 7 heteroatoms. The van der Waals surface area contributed by atoms with Gasteiger partial charge in [-0.05, 0) is 47.6 Å². The van der Waals surface area contributed by atoms with Gasteiger partial charge in [-0.15, -0.1) is 0 Å².